The van der Waals surface area contributed by atoms with E-state index in [2.05, 4.69) is 20.4 Å². The second-order valence-corrected chi connectivity index (χ2v) is 7.77. The van der Waals surface area contributed by atoms with Crippen LogP contribution < -0.4 is 0 Å². The van der Waals surface area contributed by atoms with Crippen LogP contribution in [-0.2, 0) is 6.54 Å². The number of tetrazole rings is 1. The average Bonchev–Trinajstić information content (AvgIpc) is 3.22. The summed E-state index contributed by atoms with van der Waals surface area (Å²) in [6.07, 6.45) is 0. The molecule has 1 aromatic heterocycles. The molecule has 1 amide bonds. The lowest BCUT2D eigenvalue weighted by Crippen LogP contribution is -2.48. The number of aromatic nitrogens is 4. The van der Waals surface area contributed by atoms with Crippen molar-refractivity contribution in [2.24, 2.45) is 0 Å². The van der Waals surface area contributed by atoms with Crippen molar-refractivity contribution in [2.45, 2.75) is 13.5 Å². The van der Waals surface area contributed by atoms with Gasteiger partial charge in [0.05, 0.1) is 17.2 Å². The van der Waals surface area contributed by atoms with Gasteiger partial charge in [-0.15, -0.1) is 5.10 Å². The van der Waals surface area contributed by atoms with Gasteiger partial charge < -0.3 is 4.90 Å². The van der Waals surface area contributed by atoms with E-state index in [0.29, 0.717) is 38.5 Å². The van der Waals surface area contributed by atoms with E-state index in [0.717, 1.165) is 11.3 Å². The highest BCUT2D eigenvalue weighted by Gasteiger charge is 2.28. The summed E-state index contributed by atoms with van der Waals surface area (Å²) in [5, 5.41) is 23.6. The fourth-order valence-corrected chi connectivity index (χ4v) is 3.68. The van der Waals surface area contributed by atoms with Crippen LogP contribution in [0.1, 0.15) is 21.7 Å². The third-order valence-corrected chi connectivity index (χ3v) is 5.46. The van der Waals surface area contributed by atoms with Crippen molar-refractivity contribution in [2.75, 3.05) is 26.2 Å². The summed E-state index contributed by atoms with van der Waals surface area (Å²) < 4.78 is 1.70. The molecule has 0 N–H and O–H groups in total. The fourth-order valence-electron chi connectivity index (χ4n) is 3.51. The first-order chi connectivity index (χ1) is 14.9. The van der Waals surface area contributed by atoms with Crippen molar-refractivity contribution < 1.29 is 9.72 Å². The lowest BCUT2D eigenvalue weighted by Gasteiger charge is -2.34. The number of halogens is 1. The van der Waals surface area contributed by atoms with Gasteiger partial charge in [0, 0.05) is 37.3 Å². The van der Waals surface area contributed by atoms with Gasteiger partial charge in [0.25, 0.3) is 11.6 Å². The lowest BCUT2D eigenvalue weighted by molar-refractivity contribution is -0.385. The van der Waals surface area contributed by atoms with Crippen LogP contribution in [-0.4, -0.2) is 67.0 Å². The van der Waals surface area contributed by atoms with Gasteiger partial charge in [0.1, 0.15) is 5.56 Å². The molecule has 0 aliphatic carbocycles. The number of carbonyl (C=O) groups is 1. The number of nitro groups is 1. The molecular formula is C20H20ClN7O3. The quantitative estimate of drug-likeness (QED) is 0.441. The number of carbonyl (C=O) groups excluding carboxylic acids is 1. The van der Waals surface area contributed by atoms with Crippen LogP contribution in [0.4, 0.5) is 5.69 Å². The van der Waals surface area contributed by atoms with Gasteiger partial charge in [0.2, 0.25) is 0 Å². The molecule has 1 aliphatic heterocycles. The molecule has 0 atom stereocenters. The Bertz CT molecular complexity index is 1110. The summed E-state index contributed by atoms with van der Waals surface area (Å²) in [6, 6.07) is 11.9. The van der Waals surface area contributed by atoms with Gasteiger partial charge in [-0.2, -0.15) is 4.68 Å². The monoisotopic (exact) mass is 441 g/mol. The summed E-state index contributed by atoms with van der Waals surface area (Å²) in [5.41, 5.74) is 1.80. The summed E-state index contributed by atoms with van der Waals surface area (Å²) >= 11 is 5.96. The minimum Gasteiger partial charge on any atom is -0.336 e. The molecule has 10 nitrogen and oxygen atoms in total. The van der Waals surface area contributed by atoms with Crippen molar-refractivity contribution in [1.82, 2.24) is 30.0 Å². The number of nitrogens with zero attached hydrogens (tertiary/aromatic N) is 7. The topological polar surface area (TPSA) is 110 Å². The third kappa shape index (κ3) is 4.54. The first-order valence-corrected chi connectivity index (χ1v) is 10.1. The Hall–Kier alpha value is -3.37. The Labute approximate surface area is 183 Å². The molecule has 3 aromatic rings. The molecule has 1 fully saturated rings. The maximum atomic E-state index is 12.9. The van der Waals surface area contributed by atoms with E-state index in [-0.39, 0.29) is 16.3 Å². The smallest absolute Gasteiger partial charge is 0.282 e. The van der Waals surface area contributed by atoms with Gasteiger partial charge in [-0.25, -0.2) is 0 Å². The Kier molecular flexibility index (Phi) is 5.92. The number of piperazine rings is 1. The van der Waals surface area contributed by atoms with Crippen LogP contribution >= 0.6 is 11.6 Å². The molecule has 1 saturated heterocycles. The zero-order valence-corrected chi connectivity index (χ0v) is 17.6. The molecule has 0 unspecified atom stereocenters. The molecule has 0 saturated carbocycles. The lowest BCUT2D eigenvalue weighted by atomic mass is 10.1. The molecule has 11 heteroatoms. The average molecular weight is 442 g/mol. The Morgan fingerprint density at radius 3 is 2.52 bits per heavy atom. The first kappa shape index (κ1) is 20.9. The third-order valence-electron chi connectivity index (χ3n) is 5.22. The first-order valence-electron chi connectivity index (χ1n) is 9.72. The van der Waals surface area contributed by atoms with Crippen molar-refractivity contribution in [3.8, 4) is 5.69 Å². The zero-order chi connectivity index (χ0) is 22.0. The molecule has 4 rings (SSSR count). The van der Waals surface area contributed by atoms with Crippen molar-refractivity contribution in [3.05, 3.63) is 74.6 Å². The van der Waals surface area contributed by atoms with Gasteiger partial charge in [-0.05, 0) is 41.6 Å². The standard InChI is InChI=1S/C20H20ClN7O3/c1-14-2-5-16(6-3-14)27-19(22-23-24-27)13-25-8-10-26(11-9-25)20(29)17-12-15(21)4-7-18(17)28(30)31/h2-7,12H,8-11,13H2,1H3. The summed E-state index contributed by atoms with van der Waals surface area (Å²) in [5.74, 6) is 0.312. The molecule has 0 radical (unpaired) electrons. The van der Waals surface area contributed by atoms with E-state index in [9.17, 15) is 14.9 Å². The molecule has 0 bridgehead atoms. The maximum absolute atomic E-state index is 12.9. The number of hydrogen-bond acceptors (Lipinski definition) is 7. The molecule has 2 heterocycles. The van der Waals surface area contributed by atoms with E-state index in [1.165, 1.54) is 18.2 Å². The minimum absolute atomic E-state index is 0.00858. The van der Waals surface area contributed by atoms with Crippen LogP contribution in [0.2, 0.25) is 5.02 Å². The highest BCUT2D eigenvalue weighted by molar-refractivity contribution is 6.31. The van der Waals surface area contributed by atoms with Crippen LogP contribution in [0.25, 0.3) is 5.69 Å². The van der Waals surface area contributed by atoms with Crippen molar-refractivity contribution >= 4 is 23.2 Å². The van der Waals surface area contributed by atoms with Crippen molar-refractivity contribution in [3.63, 3.8) is 0 Å². The minimum atomic E-state index is -0.565. The number of rotatable bonds is 5. The highest BCUT2D eigenvalue weighted by Crippen LogP contribution is 2.25. The fraction of sp³-hybridized carbons (Fsp3) is 0.300. The summed E-state index contributed by atoms with van der Waals surface area (Å²) in [4.78, 5) is 27.3. The second kappa shape index (κ2) is 8.78. The molecule has 2 aromatic carbocycles. The Balaban J connectivity index is 1.42. The summed E-state index contributed by atoms with van der Waals surface area (Å²) in [6.45, 7) is 4.62. The molecule has 160 valence electrons. The maximum Gasteiger partial charge on any atom is 0.282 e. The summed E-state index contributed by atoms with van der Waals surface area (Å²) in [7, 11) is 0. The van der Waals surface area contributed by atoms with E-state index in [1.54, 1.807) is 9.58 Å². The largest absolute Gasteiger partial charge is 0.336 e. The van der Waals surface area contributed by atoms with E-state index < -0.39 is 10.8 Å². The predicted molar refractivity (Wildman–Crippen MR) is 113 cm³/mol. The SMILES string of the molecule is Cc1ccc(-n2nnnc2CN2CCN(C(=O)c3cc(Cl)ccc3[N+](=O)[O-])CC2)cc1. The predicted octanol–water partition coefficient (Wildman–Crippen LogP) is 2.49. The zero-order valence-electron chi connectivity index (χ0n) is 16.8. The Morgan fingerprint density at radius 2 is 1.84 bits per heavy atom. The highest BCUT2D eigenvalue weighted by atomic mass is 35.5. The van der Waals surface area contributed by atoms with E-state index >= 15 is 0 Å². The van der Waals surface area contributed by atoms with Crippen molar-refractivity contribution in [1.29, 1.82) is 0 Å². The molecule has 0 spiro atoms. The number of aryl methyl sites for hydroxylation is 1. The van der Waals surface area contributed by atoms with Gasteiger partial charge >= 0.3 is 0 Å². The molecule has 1 aliphatic rings. The van der Waals surface area contributed by atoms with Gasteiger partial charge in [-0.3, -0.25) is 19.8 Å². The number of nitro benzene ring substituents is 1. The van der Waals surface area contributed by atoms with Crippen LogP contribution in [0, 0.1) is 17.0 Å². The van der Waals surface area contributed by atoms with Crippen LogP contribution in [0.15, 0.2) is 42.5 Å². The van der Waals surface area contributed by atoms with Crippen LogP contribution in [0.3, 0.4) is 0 Å². The number of amides is 1. The second-order valence-electron chi connectivity index (χ2n) is 7.33. The van der Waals surface area contributed by atoms with Gasteiger partial charge in [-0.1, -0.05) is 29.3 Å². The molecular weight excluding hydrogens is 422 g/mol. The van der Waals surface area contributed by atoms with Gasteiger partial charge in [0.15, 0.2) is 5.82 Å². The number of benzene rings is 2. The Morgan fingerprint density at radius 1 is 1.13 bits per heavy atom. The van der Waals surface area contributed by atoms with E-state index in [1.807, 2.05) is 31.2 Å². The number of hydrogen-bond donors (Lipinski definition) is 0. The molecule has 31 heavy (non-hydrogen) atoms. The normalized spacial score (nSPS) is 14.6. The van der Waals surface area contributed by atoms with Crippen LogP contribution in [0.5, 0.6) is 0 Å². The van der Waals surface area contributed by atoms with E-state index in [4.69, 9.17) is 11.6 Å².